The van der Waals surface area contributed by atoms with Crippen LogP contribution in [0.3, 0.4) is 0 Å². The van der Waals surface area contributed by atoms with Gasteiger partial charge in [0.25, 0.3) is 0 Å². The van der Waals surface area contributed by atoms with Crippen LogP contribution in [0.1, 0.15) is 0 Å². The van der Waals surface area contributed by atoms with Crippen LogP contribution >= 0.6 is 0 Å². The van der Waals surface area contributed by atoms with E-state index in [2.05, 4.69) is 8.73 Å². The molecular weight excluding hydrogens is 160 g/mol. The molecule has 0 unspecified atom stereocenters. The lowest BCUT2D eigenvalue weighted by molar-refractivity contribution is 1.39. The number of hydrogen-bond donors (Lipinski definition) is 1. The normalized spacial score (nSPS) is 20.8. The van der Waals surface area contributed by atoms with Gasteiger partial charge < -0.3 is 0 Å². The minimum Gasteiger partial charge on any atom is -0.281 e. The van der Waals surface area contributed by atoms with Gasteiger partial charge in [-0.25, -0.2) is 4.36 Å². The molecule has 0 bridgehead atoms. The van der Waals surface area contributed by atoms with Crippen LogP contribution in [0.25, 0.3) is 0 Å². The molecule has 0 saturated heterocycles. The number of hydrogen-bond acceptors (Lipinski definition) is 3. The summed E-state index contributed by atoms with van der Waals surface area (Å²) in [5.74, 6) is 0.0579. The Balaban J connectivity index is 3.28. The SMILES string of the molecule is CS1(C)=NC=C(C#N)C(=N)N=1. The molecule has 0 saturated carbocycles. The Morgan fingerprint density at radius 3 is 2.73 bits per heavy atom. The Morgan fingerprint density at radius 1 is 1.64 bits per heavy atom. The maximum absolute atomic E-state index is 8.46. The summed E-state index contributed by atoms with van der Waals surface area (Å²) in [6.45, 7) is 0. The summed E-state index contributed by atoms with van der Waals surface area (Å²) < 4.78 is 8.03. The number of nitrogens with one attached hydrogen (secondary N) is 1. The first kappa shape index (κ1) is 7.95. The molecule has 0 amide bonds. The highest BCUT2D eigenvalue weighted by atomic mass is 32.2. The van der Waals surface area contributed by atoms with Crippen molar-refractivity contribution >= 4 is 15.5 Å². The third-order valence-corrected chi connectivity index (χ3v) is 2.38. The summed E-state index contributed by atoms with van der Waals surface area (Å²) in [5, 5.41) is 15.8. The smallest absolute Gasteiger partial charge is 0.172 e. The number of nitrogens with zero attached hydrogens (tertiary/aromatic N) is 3. The lowest BCUT2D eigenvalue weighted by Crippen LogP contribution is -2.05. The Hall–Kier alpha value is -1.15. The van der Waals surface area contributed by atoms with Crippen molar-refractivity contribution in [3.63, 3.8) is 0 Å². The zero-order chi connectivity index (χ0) is 8.48. The van der Waals surface area contributed by atoms with Crippen molar-refractivity contribution in [3.05, 3.63) is 11.8 Å². The molecule has 58 valence electrons. The molecule has 1 heterocycles. The minimum atomic E-state index is -1.38. The predicted octanol–water partition coefficient (Wildman–Crippen LogP) is 1.17. The average molecular weight is 168 g/mol. The fraction of sp³-hybridized carbons (Fsp3) is 0.333. The first-order valence-corrected chi connectivity index (χ1v) is 5.29. The van der Waals surface area contributed by atoms with E-state index in [-0.39, 0.29) is 11.4 Å². The molecule has 4 nitrogen and oxygen atoms in total. The number of amidine groups is 1. The van der Waals surface area contributed by atoms with E-state index in [1.54, 1.807) is 0 Å². The molecule has 0 spiro atoms. The number of rotatable bonds is 0. The fourth-order valence-corrected chi connectivity index (χ4v) is 1.58. The van der Waals surface area contributed by atoms with Gasteiger partial charge in [0.1, 0.15) is 11.6 Å². The molecule has 0 aromatic rings. The molecular formula is C6H8N4S. The van der Waals surface area contributed by atoms with Crippen LogP contribution in [-0.2, 0) is 9.62 Å². The zero-order valence-corrected chi connectivity index (χ0v) is 7.14. The molecule has 0 fully saturated rings. The van der Waals surface area contributed by atoms with E-state index in [1.165, 1.54) is 6.20 Å². The van der Waals surface area contributed by atoms with Crippen molar-refractivity contribution in [2.45, 2.75) is 0 Å². The van der Waals surface area contributed by atoms with Crippen molar-refractivity contribution in [2.24, 2.45) is 8.73 Å². The highest BCUT2D eigenvalue weighted by Crippen LogP contribution is 2.08. The molecule has 1 N–H and O–H groups in total. The molecule has 1 aliphatic heterocycles. The maximum atomic E-state index is 8.46. The van der Waals surface area contributed by atoms with Gasteiger partial charge in [-0.15, -0.1) is 0 Å². The van der Waals surface area contributed by atoms with Crippen molar-refractivity contribution in [2.75, 3.05) is 12.5 Å². The Bertz CT molecular complexity index is 379. The van der Waals surface area contributed by atoms with E-state index in [1.807, 2.05) is 18.6 Å². The Labute approximate surface area is 65.9 Å². The lowest BCUT2D eigenvalue weighted by atomic mass is 10.3. The molecule has 0 aliphatic carbocycles. The first-order valence-electron chi connectivity index (χ1n) is 2.93. The van der Waals surface area contributed by atoms with E-state index in [4.69, 9.17) is 10.7 Å². The van der Waals surface area contributed by atoms with Crippen molar-refractivity contribution in [3.8, 4) is 6.07 Å². The standard InChI is InChI=1S/C6H8N4S/c1-11(2)9-4-5(3-7)6(8)10-11/h4,8H,1-2H3. The summed E-state index contributed by atoms with van der Waals surface area (Å²) in [7, 11) is -1.38. The minimum absolute atomic E-state index is 0.0579. The second-order valence-corrected chi connectivity index (χ2v) is 5.25. The van der Waals surface area contributed by atoms with E-state index in [0.717, 1.165) is 0 Å². The quantitative estimate of drug-likeness (QED) is 0.579. The molecule has 1 rings (SSSR count). The largest absolute Gasteiger partial charge is 0.281 e. The van der Waals surface area contributed by atoms with Crippen LogP contribution in [-0.4, -0.2) is 18.3 Å². The zero-order valence-electron chi connectivity index (χ0n) is 6.33. The second-order valence-electron chi connectivity index (χ2n) is 2.42. The summed E-state index contributed by atoms with van der Waals surface area (Å²) in [4.78, 5) is 0. The van der Waals surface area contributed by atoms with Crippen LogP contribution < -0.4 is 0 Å². The third kappa shape index (κ3) is 1.65. The van der Waals surface area contributed by atoms with Crippen molar-refractivity contribution in [1.29, 1.82) is 10.7 Å². The molecule has 0 aromatic heterocycles. The fourth-order valence-electron chi connectivity index (χ4n) is 0.621. The van der Waals surface area contributed by atoms with Gasteiger partial charge in [-0.05, 0) is 0 Å². The third-order valence-electron chi connectivity index (χ3n) is 1.13. The van der Waals surface area contributed by atoms with Gasteiger partial charge in [-0.2, -0.15) is 9.62 Å². The topological polar surface area (TPSA) is 72.4 Å². The summed E-state index contributed by atoms with van der Waals surface area (Å²) in [6, 6.07) is 1.85. The molecule has 5 heteroatoms. The van der Waals surface area contributed by atoms with E-state index >= 15 is 0 Å². The van der Waals surface area contributed by atoms with Crippen LogP contribution in [0.2, 0.25) is 0 Å². The maximum Gasteiger partial charge on any atom is 0.172 e. The van der Waals surface area contributed by atoms with E-state index in [9.17, 15) is 0 Å². The van der Waals surface area contributed by atoms with Gasteiger partial charge in [0.15, 0.2) is 5.84 Å². The summed E-state index contributed by atoms with van der Waals surface area (Å²) in [6.07, 6.45) is 5.17. The van der Waals surface area contributed by atoms with Gasteiger partial charge in [0.2, 0.25) is 0 Å². The summed E-state index contributed by atoms with van der Waals surface area (Å²) >= 11 is 0. The van der Waals surface area contributed by atoms with Crippen LogP contribution in [0.15, 0.2) is 20.5 Å². The molecule has 0 radical (unpaired) electrons. The predicted molar refractivity (Wildman–Crippen MR) is 45.5 cm³/mol. The molecule has 11 heavy (non-hydrogen) atoms. The summed E-state index contributed by atoms with van der Waals surface area (Å²) in [5.41, 5.74) is 0.247. The van der Waals surface area contributed by atoms with Gasteiger partial charge >= 0.3 is 0 Å². The van der Waals surface area contributed by atoms with Crippen molar-refractivity contribution < 1.29 is 0 Å². The van der Waals surface area contributed by atoms with E-state index < -0.39 is 9.62 Å². The highest BCUT2D eigenvalue weighted by molar-refractivity contribution is 7.94. The highest BCUT2D eigenvalue weighted by Gasteiger charge is 2.07. The van der Waals surface area contributed by atoms with Crippen LogP contribution in [0.5, 0.6) is 0 Å². The van der Waals surface area contributed by atoms with Gasteiger partial charge in [0, 0.05) is 12.5 Å². The Kier molecular flexibility index (Phi) is 1.79. The van der Waals surface area contributed by atoms with Crippen LogP contribution in [0.4, 0.5) is 0 Å². The van der Waals surface area contributed by atoms with Crippen molar-refractivity contribution in [1.82, 2.24) is 0 Å². The monoisotopic (exact) mass is 168 g/mol. The lowest BCUT2D eigenvalue weighted by Gasteiger charge is -2.06. The van der Waals surface area contributed by atoms with E-state index in [0.29, 0.717) is 0 Å². The first-order chi connectivity index (χ1) is 5.05. The van der Waals surface area contributed by atoms with Gasteiger partial charge in [0.05, 0.1) is 6.20 Å². The Morgan fingerprint density at radius 2 is 2.27 bits per heavy atom. The van der Waals surface area contributed by atoms with Gasteiger partial charge in [-0.3, -0.25) is 5.41 Å². The van der Waals surface area contributed by atoms with Gasteiger partial charge in [-0.1, -0.05) is 9.62 Å². The molecule has 0 aromatic carbocycles. The average Bonchev–Trinajstić information content (AvgIpc) is 1.86. The number of nitriles is 1. The molecule has 1 aliphatic rings. The second kappa shape index (κ2) is 2.47. The van der Waals surface area contributed by atoms with Crippen LogP contribution in [0, 0.1) is 16.7 Å². The molecule has 0 atom stereocenters.